The highest BCUT2D eigenvalue weighted by atomic mass is 32.2. The van der Waals surface area contributed by atoms with Gasteiger partial charge in [-0.1, -0.05) is 54.3 Å². The van der Waals surface area contributed by atoms with Gasteiger partial charge in [0.2, 0.25) is 0 Å². The molecule has 8 nitrogen and oxygen atoms in total. The average Bonchev–Trinajstić information content (AvgIpc) is 3.64. The van der Waals surface area contributed by atoms with Gasteiger partial charge < -0.3 is 9.47 Å². The summed E-state index contributed by atoms with van der Waals surface area (Å²) in [7, 11) is 0. The highest BCUT2D eigenvalue weighted by molar-refractivity contribution is 7.98. The lowest BCUT2D eigenvalue weighted by Crippen LogP contribution is -2.39. The molecule has 0 aliphatic carbocycles. The van der Waals surface area contributed by atoms with E-state index >= 15 is 0 Å². The number of carbonyl (C=O) groups is 1. The first-order valence-corrected chi connectivity index (χ1v) is 17.2. The third kappa shape index (κ3) is 6.65. The van der Waals surface area contributed by atoms with Crippen molar-refractivity contribution in [1.29, 1.82) is 0 Å². The molecule has 0 saturated heterocycles. The molecule has 0 saturated carbocycles. The van der Waals surface area contributed by atoms with E-state index in [0.717, 1.165) is 33.0 Å². The third-order valence-corrected chi connectivity index (χ3v) is 9.28. The number of thioether (sulfide) groups is 1. The van der Waals surface area contributed by atoms with Gasteiger partial charge in [0.25, 0.3) is 5.56 Å². The van der Waals surface area contributed by atoms with Crippen molar-refractivity contribution in [3.63, 3.8) is 0 Å². The Morgan fingerprint density at radius 1 is 1.06 bits per heavy atom. The van der Waals surface area contributed by atoms with E-state index in [1.807, 2.05) is 116 Å². The highest BCUT2D eigenvalue weighted by Crippen LogP contribution is 2.32. The van der Waals surface area contributed by atoms with Gasteiger partial charge in [0, 0.05) is 22.2 Å². The number of hydrogen-bond acceptors (Lipinski definition) is 8. The van der Waals surface area contributed by atoms with E-state index in [9.17, 15) is 9.59 Å². The van der Waals surface area contributed by atoms with E-state index in [2.05, 4.69) is 6.58 Å². The largest absolute Gasteiger partial charge is 0.491 e. The number of fused-ring (bicyclic) bond motifs is 1. The van der Waals surface area contributed by atoms with Crippen LogP contribution in [0.5, 0.6) is 5.75 Å². The molecule has 0 radical (unpaired) electrons. The summed E-state index contributed by atoms with van der Waals surface area (Å²) in [5.41, 5.74) is 4.61. The van der Waals surface area contributed by atoms with Crippen molar-refractivity contribution in [2.75, 3.05) is 12.9 Å². The lowest BCUT2D eigenvalue weighted by Gasteiger charge is -2.24. The molecule has 2 aromatic heterocycles. The van der Waals surface area contributed by atoms with Crippen molar-refractivity contribution < 1.29 is 14.3 Å². The summed E-state index contributed by atoms with van der Waals surface area (Å²) in [4.78, 5) is 34.0. The Morgan fingerprint density at radius 3 is 2.45 bits per heavy atom. The molecule has 238 valence electrons. The Kier molecular flexibility index (Phi) is 9.42. The van der Waals surface area contributed by atoms with Crippen LogP contribution in [0.15, 0.2) is 124 Å². The molecule has 3 aromatic carbocycles. The number of rotatable bonds is 10. The van der Waals surface area contributed by atoms with Gasteiger partial charge >= 0.3 is 5.97 Å². The number of nitrogens with zero attached hydrogens (tertiary/aromatic N) is 4. The predicted octanol–water partition coefficient (Wildman–Crippen LogP) is 6.33. The molecule has 47 heavy (non-hydrogen) atoms. The third-order valence-electron chi connectivity index (χ3n) is 7.55. The Labute approximate surface area is 281 Å². The van der Waals surface area contributed by atoms with Crippen molar-refractivity contribution in [2.24, 2.45) is 4.99 Å². The van der Waals surface area contributed by atoms with E-state index in [1.54, 1.807) is 23.3 Å². The normalized spacial score (nSPS) is 14.6. The number of allylic oxidation sites excluding steroid dienone is 1. The summed E-state index contributed by atoms with van der Waals surface area (Å²) in [6, 6.07) is 24.8. The molecule has 1 aliphatic rings. The first-order chi connectivity index (χ1) is 22.8. The average molecular weight is 663 g/mol. The molecule has 0 N–H and O–H groups in total. The van der Waals surface area contributed by atoms with E-state index in [1.165, 1.54) is 17.4 Å². The summed E-state index contributed by atoms with van der Waals surface area (Å²) in [6.45, 7) is 9.47. The zero-order valence-corrected chi connectivity index (χ0v) is 28.2. The first kappa shape index (κ1) is 32.0. The highest BCUT2D eigenvalue weighted by Gasteiger charge is 2.33. The number of benzene rings is 3. The molecule has 10 heteroatoms. The number of hydrogen-bond donors (Lipinski definition) is 0. The second-order valence-corrected chi connectivity index (χ2v) is 13.0. The maximum Gasteiger partial charge on any atom is 0.338 e. The van der Waals surface area contributed by atoms with E-state index in [4.69, 9.17) is 19.6 Å². The van der Waals surface area contributed by atoms with Crippen molar-refractivity contribution in [3.8, 4) is 22.7 Å². The molecule has 0 spiro atoms. The van der Waals surface area contributed by atoms with Gasteiger partial charge in [-0.2, -0.15) is 5.10 Å². The second kappa shape index (κ2) is 13.8. The van der Waals surface area contributed by atoms with Crippen molar-refractivity contribution >= 4 is 35.1 Å². The van der Waals surface area contributed by atoms with Crippen LogP contribution in [0.4, 0.5) is 0 Å². The van der Waals surface area contributed by atoms with Gasteiger partial charge in [-0.15, -0.1) is 11.8 Å². The first-order valence-electron chi connectivity index (χ1n) is 15.1. The lowest BCUT2D eigenvalue weighted by molar-refractivity contribution is -0.138. The van der Waals surface area contributed by atoms with Crippen LogP contribution in [-0.4, -0.2) is 39.3 Å². The van der Waals surface area contributed by atoms with Crippen LogP contribution in [0.3, 0.4) is 0 Å². The second-order valence-electron chi connectivity index (χ2n) is 11.1. The van der Waals surface area contributed by atoms with E-state index in [0.29, 0.717) is 26.3 Å². The summed E-state index contributed by atoms with van der Waals surface area (Å²) in [5, 5.41) is 4.94. The van der Waals surface area contributed by atoms with Gasteiger partial charge in [-0.3, -0.25) is 9.36 Å². The molecule has 1 aliphatic heterocycles. The van der Waals surface area contributed by atoms with Crippen LogP contribution in [0.25, 0.3) is 23.0 Å². The molecular weight excluding hydrogens is 629 g/mol. The fourth-order valence-corrected chi connectivity index (χ4v) is 6.88. The van der Waals surface area contributed by atoms with E-state index < -0.39 is 12.0 Å². The van der Waals surface area contributed by atoms with Crippen LogP contribution in [0.2, 0.25) is 0 Å². The molecule has 0 amide bonds. The topological polar surface area (TPSA) is 87.7 Å². The fourth-order valence-electron chi connectivity index (χ4n) is 5.43. The Hall–Kier alpha value is -4.93. The molecular formula is C37H34N4O4S2. The van der Waals surface area contributed by atoms with Crippen LogP contribution in [-0.2, 0) is 9.53 Å². The summed E-state index contributed by atoms with van der Waals surface area (Å²) in [6.07, 6.45) is 7.35. The predicted molar refractivity (Wildman–Crippen MR) is 188 cm³/mol. The SMILES string of the molecule is C=CCOC(=O)C1=C(C)N=c2sc(=Cc3cn(-c4ccccc4)nc3-c3ccc(OC(C)C)cc3)c(=O)n2C1c1ccc(SC)cc1. The van der Waals surface area contributed by atoms with Crippen LogP contribution in [0, 0.1) is 0 Å². The molecule has 1 unspecified atom stereocenters. The molecule has 6 rings (SSSR count). The van der Waals surface area contributed by atoms with Crippen LogP contribution < -0.4 is 19.6 Å². The number of aromatic nitrogens is 3. The zero-order chi connectivity index (χ0) is 33.1. The van der Waals surface area contributed by atoms with Gasteiger partial charge in [-0.25, -0.2) is 14.5 Å². The lowest BCUT2D eigenvalue weighted by atomic mass is 9.96. The quantitative estimate of drug-likeness (QED) is 0.0988. The van der Waals surface area contributed by atoms with Crippen LogP contribution in [0.1, 0.15) is 37.9 Å². The van der Waals surface area contributed by atoms with Gasteiger partial charge in [0.1, 0.15) is 18.1 Å². The maximum absolute atomic E-state index is 14.3. The Morgan fingerprint density at radius 2 is 1.79 bits per heavy atom. The van der Waals surface area contributed by atoms with Crippen LogP contribution >= 0.6 is 23.1 Å². The number of esters is 1. The van der Waals surface area contributed by atoms with Gasteiger partial charge in [-0.05, 0) is 87.2 Å². The molecule has 1 atom stereocenters. The van der Waals surface area contributed by atoms with Gasteiger partial charge in [0.15, 0.2) is 4.80 Å². The number of para-hydroxylation sites is 1. The number of thiazole rings is 1. The minimum Gasteiger partial charge on any atom is -0.491 e. The van der Waals surface area contributed by atoms with E-state index in [-0.39, 0.29) is 18.3 Å². The zero-order valence-electron chi connectivity index (χ0n) is 26.5. The molecule has 3 heterocycles. The summed E-state index contributed by atoms with van der Waals surface area (Å²) in [5.74, 6) is 0.236. The number of ether oxygens (including phenoxy) is 2. The maximum atomic E-state index is 14.3. The molecule has 0 fully saturated rings. The van der Waals surface area contributed by atoms with Crippen molar-refractivity contribution in [1.82, 2.24) is 14.3 Å². The Bertz CT molecular complexity index is 2140. The van der Waals surface area contributed by atoms with Crippen molar-refractivity contribution in [2.45, 2.75) is 37.8 Å². The fraction of sp³-hybridized carbons (Fsp3) is 0.189. The summed E-state index contributed by atoms with van der Waals surface area (Å²) >= 11 is 2.90. The number of carbonyl (C=O) groups excluding carboxylic acids is 1. The van der Waals surface area contributed by atoms with Gasteiger partial charge in [0.05, 0.1) is 33.6 Å². The smallest absolute Gasteiger partial charge is 0.338 e. The minimum absolute atomic E-state index is 0.0525. The minimum atomic E-state index is -0.707. The standard InChI is InChI=1S/C37H34N4O4S2/c1-6-20-44-36(43)32-24(4)38-37-41(34(32)26-14-18-30(46-5)19-15-26)35(42)31(47-37)21-27-22-40(28-10-8-7-9-11-28)39-33(27)25-12-16-29(17-13-25)45-23(2)3/h6-19,21-23,34H,1,20H2,2-5H3. The monoisotopic (exact) mass is 662 g/mol. The summed E-state index contributed by atoms with van der Waals surface area (Å²) < 4.78 is 15.2. The van der Waals surface area contributed by atoms with Crippen molar-refractivity contribution in [3.05, 3.63) is 140 Å². The molecule has 5 aromatic rings. The molecule has 0 bridgehead atoms. The Balaban J connectivity index is 1.51.